The summed E-state index contributed by atoms with van der Waals surface area (Å²) in [6, 6.07) is 23.0. The third-order valence-corrected chi connectivity index (χ3v) is 5.30. The predicted octanol–water partition coefficient (Wildman–Crippen LogP) is 5.30. The molecule has 30 heavy (non-hydrogen) atoms. The first-order valence-corrected chi connectivity index (χ1v) is 10.7. The van der Waals surface area contributed by atoms with Crippen molar-refractivity contribution in [3.05, 3.63) is 89.0 Å². The molecule has 3 aromatic rings. The lowest BCUT2D eigenvalue weighted by Crippen LogP contribution is -2.30. The highest BCUT2D eigenvalue weighted by atomic mass is 16.5. The molecule has 0 amide bonds. The smallest absolute Gasteiger partial charge is 0.161 e. The van der Waals surface area contributed by atoms with Gasteiger partial charge in [0.25, 0.3) is 0 Å². The molecule has 0 spiro atoms. The largest absolute Gasteiger partial charge is 0.490 e. The molecule has 0 radical (unpaired) electrons. The van der Waals surface area contributed by atoms with Gasteiger partial charge in [-0.25, -0.2) is 0 Å². The molecule has 1 N–H and O–H groups in total. The van der Waals surface area contributed by atoms with E-state index in [2.05, 4.69) is 47.8 Å². The van der Waals surface area contributed by atoms with Crippen LogP contribution in [0.3, 0.4) is 0 Å². The number of hydrogen-bond acceptors (Lipinski definition) is 4. The van der Waals surface area contributed by atoms with Crippen molar-refractivity contribution in [2.75, 3.05) is 19.8 Å². The van der Waals surface area contributed by atoms with E-state index in [1.54, 1.807) is 0 Å². The Morgan fingerprint density at radius 2 is 1.60 bits per heavy atom. The lowest BCUT2D eigenvalue weighted by molar-refractivity contribution is 0.286. The van der Waals surface area contributed by atoms with Gasteiger partial charge in [0, 0.05) is 6.54 Å². The van der Waals surface area contributed by atoms with Crippen molar-refractivity contribution in [1.29, 1.82) is 0 Å². The second kappa shape index (κ2) is 9.68. The molecule has 4 rings (SSSR count). The second-order valence-electron chi connectivity index (χ2n) is 7.35. The molecular formula is C26H29NO3. The zero-order valence-electron chi connectivity index (χ0n) is 17.7. The van der Waals surface area contributed by atoms with Gasteiger partial charge in [-0.05, 0) is 66.8 Å². The maximum atomic E-state index is 6.05. The third-order valence-electron chi connectivity index (χ3n) is 5.30. The first-order valence-electron chi connectivity index (χ1n) is 10.7. The SMILES string of the molecule is CCOc1cc2c(cc1OCC)C(c1cccc(OCc3ccccc3)c1)NCC2. The molecule has 1 heterocycles. The van der Waals surface area contributed by atoms with Gasteiger partial charge >= 0.3 is 0 Å². The fraction of sp³-hybridized carbons (Fsp3) is 0.308. The number of ether oxygens (including phenoxy) is 3. The number of benzene rings is 3. The average molecular weight is 404 g/mol. The Labute approximate surface area is 178 Å². The van der Waals surface area contributed by atoms with Crippen LogP contribution in [0.15, 0.2) is 66.7 Å². The first kappa shape index (κ1) is 20.3. The zero-order valence-corrected chi connectivity index (χ0v) is 17.7. The Balaban J connectivity index is 1.60. The Hall–Kier alpha value is -2.98. The minimum atomic E-state index is 0.101. The van der Waals surface area contributed by atoms with Crippen LogP contribution in [-0.2, 0) is 13.0 Å². The van der Waals surface area contributed by atoms with Crippen LogP contribution in [0, 0.1) is 0 Å². The number of nitrogens with one attached hydrogen (secondary N) is 1. The van der Waals surface area contributed by atoms with Crippen LogP contribution < -0.4 is 19.5 Å². The normalized spacial score (nSPS) is 15.3. The molecule has 0 fully saturated rings. The van der Waals surface area contributed by atoms with Crippen molar-refractivity contribution in [3.63, 3.8) is 0 Å². The van der Waals surface area contributed by atoms with Crippen molar-refractivity contribution >= 4 is 0 Å². The summed E-state index contributed by atoms with van der Waals surface area (Å²) in [5, 5.41) is 3.66. The van der Waals surface area contributed by atoms with Gasteiger partial charge in [0.15, 0.2) is 11.5 Å². The van der Waals surface area contributed by atoms with Crippen LogP contribution >= 0.6 is 0 Å². The summed E-state index contributed by atoms with van der Waals surface area (Å²) in [5.74, 6) is 2.52. The van der Waals surface area contributed by atoms with Gasteiger partial charge in [-0.3, -0.25) is 0 Å². The van der Waals surface area contributed by atoms with E-state index in [1.165, 1.54) is 16.7 Å². The summed E-state index contributed by atoms with van der Waals surface area (Å²) in [7, 11) is 0. The molecule has 1 aliphatic heterocycles. The van der Waals surface area contributed by atoms with Crippen LogP contribution in [-0.4, -0.2) is 19.8 Å². The Kier molecular flexibility index (Phi) is 6.55. The molecule has 156 valence electrons. The zero-order chi connectivity index (χ0) is 20.8. The molecular weight excluding hydrogens is 374 g/mol. The second-order valence-corrected chi connectivity index (χ2v) is 7.35. The molecule has 4 nitrogen and oxygen atoms in total. The van der Waals surface area contributed by atoms with Crippen molar-refractivity contribution in [2.24, 2.45) is 0 Å². The van der Waals surface area contributed by atoms with Crippen LogP contribution in [0.25, 0.3) is 0 Å². The molecule has 1 atom stereocenters. The molecule has 0 bridgehead atoms. The third kappa shape index (κ3) is 4.60. The average Bonchev–Trinajstić information content (AvgIpc) is 2.79. The lowest BCUT2D eigenvalue weighted by atomic mass is 9.89. The van der Waals surface area contributed by atoms with Crippen LogP contribution in [0.5, 0.6) is 17.2 Å². The van der Waals surface area contributed by atoms with Crippen molar-refractivity contribution in [3.8, 4) is 17.2 Å². The van der Waals surface area contributed by atoms with Gasteiger partial charge in [0.2, 0.25) is 0 Å². The highest BCUT2D eigenvalue weighted by Crippen LogP contribution is 2.38. The summed E-state index contributed by atoms with van der Waals surface area (Å²) < 4.78 is 17.8. The molecule has 3 aromatic carbocycles. The Morgan fingerprint density at radius 1 is 0.833 bits per heavy atom. The molecule has 0 saturated carbocycles. The van der Waals surface area contributed by atoms with E-state index >= 15 is 0 Å². The van der Waals surface area contributed by atoms with E-state index in [4.69, 9.17) is 14.2 Å². The van der Waals surface area contributed by atoms with Crippen molar-refractivity contribution in [2.45, 2.75) is 32.9 Å². The van der Waals surface area contributed by atoms with Gasteiger partial charge in [-0.1, -0.05) is 42.5 Å². The Morgan fingerprint density at radius 3 is 2.37 bits per heavy atom. The van der Waals surface area contributed by atoms with Gasteiger partial charge in [0.1, 0.15) is 12.4 Å². The summed E-state index contributed by atoms with van der Waals surface area (Å²) in [6.45, 7) is 6.72. The number of rotatable bonds is 8. The standard InChI is InChI=1S/C26H29NO3/c1-3-28-24-16-20-13-14-27-26(23(20)17-25(24)29-4-2)21-11-8-12-22(15-21)30-18-19-9-6-5-7-10-19/h5-12,15-17,26-27H,3-4,13-14,18H2,1-2H3. The molecule has 4 heteroatoms. The minimum Gasteiger partial charge on any atom is -0.490 e. The fourth-order valence-corrected chi connectivity index (χ4v) is 3.92. The molecule has 0 aromatic heterocycles. The van der Waals surface area contributed by atoms with Gasteiger partial charge in [-0.2, -0.15) is 0 Å². The molecule has 1 aliphatic rings. The molecule has 0 aliphatic carbocycles. The maximum Gasteiger partial charge on any atom is 0.161 e. The monoisotopic (exact) mass is 403 g/mol. The molecule has 0 saturated heterocycles. The highest BCUT2D eigenvalue weighted by Gasteiger charge is 2.24. The summed E-state index contributed by atoms with van der Waals surface area (Å²) in [6.07, 6.45) is 0.975. The summed E-state index contributed by atoms with van der Waals surface area (Å²) in [4.78, 5) is 0. The van der Waals surface area contributed by atoms with E-state index in [-0.39, 0.29) is 6.04 Å². The number of fused-ring (bicyclic) bond motifs is 1. The van der Waals surface area contributed by atoms with E-state index < -0.39 is 0 Å². The fourth-order valence-electron chi connectivity index (χ4n) is 3.92. The topological polar surface area (TPSA) is 39.7 Å². The highest BCUT2D eigenvalue weighted by molar-refractivity contribution is 5.52. The van der Waals surface area contributed by atoms with E-state index in [1.807, 2.05) is 38.1 Å². The van der Waals surface area contributed by atoms with Crippen LogP contribution in [0.4, 0.5) is 0 Å². The maximum absolute atomic E-state index is 6.05. The quantitative estimate of drug-likeness (QED) is 0.554. The predicted molar refractivity (Wildman–Crippen MR) is 120 cm³/mol. The van der Waals surface area contributed by atoms with E-state index in [0.29, 0.717) is 19.8 Å². The Bertz CT molecular complexity index is 971. The van der Waals surface area contributed by atoms with Gasteiger partial charge < -0.3 is 19.5 Å². The van der Waals surface area contributed by atoms with E-state index in [0.717, 1.165) is 35.8 Å². The minimum absolute atomic E-state index is 0.101. The number of hydrogen-bond donors (Lipinski definition) is 1. The van der Waals surface area contributed by atoms with Crippen LogP contribution in [0.1, 0.15) is 42.1 Å². The lowest BCUT2D eigenvalue weighted by Gasteiger charge is -2.29. The van der Waals surface area contributed by atoms with E-state index in [9.17, 15) is 0 Å². The van der Waals surface area contributed by atoms with Crippen molar-refractivity contribution < 1.29 is 14.2 Å². The van der Waals surface area contributed by atoms with Crippen LogP contribution in [0.2, 0.25) is 0 Å². The molecule has 1 unspecified atom stereocenters. The summed E-state index contributed by atoms with van der Waals surface area (Å²) >= 11 is 0. The van der Waals surface area contributed by atoms with Gasteiger partial charge in [0.05, 0.1) is 19.3 Å². The first-order chi connectivity index (χ1) is 14.8. The summed E-state index contributed by atoms with van der Waals surface area (Å²) in [5.41, 5.74) is 4.90. The van der Waals surface area contributed by atoms with Crippen molar-refractivity contribution in [1.82, 2.24) is 5.32 Å². The van der Waals surface area contributed by atoms with Gasteiger partial charge in [-0.15, -0.1) is 0 Å².